The molecule has 3 nitrogen and oxygen atoms in total. The first-order valence-corrected chi connectivity index (χ1v) is 3.93. The molecule has 0 unspecified atom stereocenters. The zero-order valence-corrected chi connectivity index (χ0v) is 5.78. The van der Waals surface area contributed by atoms with Crippen LogP contribution in [0.5, 0.6) is 0 Å². The van der Waals surface area contributed by atoms with Gasteiger partial charge in [0.2, 0.25) is 0 Å². The zero-order valence-electron chi connectivity index (χ0n) is 4.96. The molecule has 0 aliphatic carbocycles. The lowest BCUT2D eigenvalue weighted by atomic mass is 10.6. The van der Waals surface area contributed by atoms with Crippen molar-refractivity contribution in [2.45, 2.75) is 0 Å². The van der Waals surface area contributed by atoms with E-state index >= 15 is 0 Å². The van der Waals surface area contributed by atoms with Crippen molar-refractivity contribution in [3.63, 3.8) is 0 Å². The third-order valence-corrected chi connectivity index (χ3v) is 2.42. The van der Waals surface area contributed by atoms with Crippen molar-refractivity contribution in [2.75, 3.05) is 18.9 Å². The topological polar surface area (TPSA) is 24.5 Å². The minimum atomic E-state index is 0.693. The summed E-state index contributed by atoms with van der Waals surface area (Å²) < 4.78 is 0. The van der Waals surface area contributed by atoms with Crippen LogP contribution in [0.2, 0.25) is 0 Å². The Balaban J connectivity index is 2.16. The van der Waals surface area contributed by atoms with Crippen LogP contribution in [0, 0.1) is 0 Å². The average molecular weight is 144 g/mol. The van der Waals surface area contributed by atoms with Gasteiger partial charge >= 0.3 is 0 Å². The molecule has 0 bridgehead atoms. The fraction of sp³-hybridized carbons (Fsp3) is 0.600. The lowest BCUT2D eigenvalue weighted by Gasteiger charge is -2.22. The number of rotatable bonds is 0. The second-order valence-electron chi connectivity index (χ2n) is 1.94. The molecular formula is C5H8N2OS. The lowest BCUT2D eigenvalue weighted by molar-refractivity contribution is -0.0574. The summed E-state index contributed by atoms with van der Waals surface area (Å²) in [7, 11) is 0. The van der Waals surface area contributed by atoms with Crippen LogP contribution in [0.15, 0.2) is 11.1 Å². The summed E-state index contributed by atoms with van der Waals surface area (Å²) in [6, 6.07) is 0. The minimum Gasteiger partial charge on any atom is -0.279 e. The molecule has 0 spiro atoms. The van der Waals surface area contributed by atoms with Crippen molar-refractivity contribution in [1.29, 1.82) is 0 Å². The van der Waals surface area contributed by atoms with Crippen LogP contribution in [0.4, 0.5) is 0 Å². The summed E-state index contributed by atoms with van der Waals surface area (Å²) >= 11 is 1.87. The highest BCUT2D eigenvalue weighted by Crippen LogP contribution is 2.26. The molecule has 2 aliphatic heterocycles. The van der Waals surface area contributed by atoms with Gasteiger partial charge in [-0.2, -0.15) is 0 Å². The molecule has 0 saturated carbocycles. The standard InChI is InChI=1S/C5H8N2OS/c1-3-8-6-7-2-4-9-5(1)7/h1,6H,2-4H2. The van der Waals surface area contributed by atoms with Gasteiger partial charge in [-0.25, -0.2) is 0 Å². The number of hydrogen-bond acceptors (Lipinski definition) is 4. The van der Waals surface area contributed by atoms with Crippen LogP contribution in [0.3, 0.4) is 0 Å². The van der Waals surface area contributed by atoms with Crippen molar-refractivity contribution in [1.82, 2.24) is 10.6 Å². The quantitative estimate of drug-likeness (QED) is 0.529. The van der Waals surface area contributed by atoms with E-state index in [1.807, 2.05) is 16.8 Å². The molecule has 0 aromatic rings. The fourth-order valence-electron chi connectivity index (χ4n) is 0.918. The first-order valence-electron chi connectivity index (χ1n) is 2.95. The van der Waals surface area contributed by atoms with Crippen LogP contribution >= 0.6 is 11.8 Å². The second-order valence-corrected chi connectivity index (χ2v) is 3.06. The Bertz CT molecular complexity index is 148. The van der Waals surface area contributed by atoms with E-state index in [1.165, 1.54) is 10.8 Å². The van der Waals surface area contributed by atoms with E-state index in [0.29, 0.717) is 6.61 Å². The maximum Gasteiger partial charge on any atom is 0.0913 e. The largest absolute Gasteiger partial charge is 0.279 e. The normalized spacial score (nSPS) is 25.8. The van der Waals surface area contributed by atoms with Crippen molar-refractivity contribution < 1.29 is 4.84 Å². The van der Waals surface area contributed by atoms with E-state index in [-0.39, 0.29) is 0 Å². The average Bonchev–Trinajstić information content (AvgIpc) is 2.33. The summed E-state index contributed by atoms with van der Waals surface area (Å²) in [4.78, 5) is 4.97. The Hall–Kier alpha value is -0.190. The van der Waals surface area contributed by atoms with Crippen molar-refractivity contribution in [3.05, 3.63) is 11.1 Å². The van der Waals surface area contributed by atoms with Crippen LogP contribution < -0.4 is 5.59 Å². The Morgan fingerprint density at radius 2 is 2.78 bits per heavy atom. The van der Waals surface area contributed by atoms with Gasteiger partial charge in [0.15, 0.2) is 0 Å². The van der Waals surface area contributed by atoms with Gasteiger partial charge in [0.1, 0.15) is 0 Å². The molecular weight excluding hydrogens is 136 g/mol. The molecule has 9 heavy (non-hydrogen) atoms. The van der Waals surface area contributed by atoms with E-state index in [2.05, 4.69) is 11.7 Å². The van der Waals surface area contributed by atoms with E-state index in [0.717, 1.165) is 6.54 Å². The highest BCUT2D eigenvalue weighted by molar-refractivity contribution is 8.03. The van der Waals surface area contributed by atoms with Gasteiger partial charge in [0, 0.05) is 12.3 Å². The SMILES string of the molecule is C1=C2SCCN2NOC1. The van der Waals surface area contributed by atoms with Gasteiger partial charge in [-0.05, 0) is 6.08 Å². The Morgan fingerprint density at radius 3 is 3.67 bits per heavy atom. The van der Waals surface area contributed by atoms with Crippen LogP contribution in [-0.2, 0) is 4.84 Å². The molecule has 0 atom stereocenters. The summed E-state index contributed by atoms with van der Waals surface area (Å²) in [6.45, 7) is 1.75. The summed E-state index contributed by atoms with van der Waals surface area (Å²) in [6.07, 6.45) is 2.09. The highest BCUT2D eigenvalue weighted by atomic mass is 32.2. The predicted molar refractivity (Wildman–Crippen MR) is 36.3 cm³/mol. The molecule has 2 rings (SSSR count). The number of fused-ring (bicyclic) bond motifs is 1. The molecule has 0 aromatic heterocycles. The smallest absolute Gasteiger partial charge is 0.0913 e. The molecule has 2 heterocycles. The first-order chi connectivity index (χ1) is 4.47. The third-order valence-electron chi connectivity index (χ3n) is 1.35. The number of hydrazine groups is 1. The molecule has 1 N–H and O–H groups in total. The van der Waals surface area contributed by atoms with Gasteiger partial charge < -0.3 is 0 Å². The Morgan fingerprint density at radius 1 is 1.78 bits per heavy atom. The second kappa shape index (κ2) is 2.21. The van der Waals surface area contributed by atoms with Crippen LogP contribution in [-0.4, -0.2) is 23.9 Å². The van der Waals surface area contributed by atoms with Gasteiger partial charge in [-0.1, -0.05) is 0 Å². The summed E-state index contributed by atoms with van der Waals surface area (Å²) in [5, 5.41) is 3.33. The predicted octanol–water partition coefficient (Wildman–Crippen LogP) is 0.326. The van der Waals surface area contributed by atoms with Crippen molar-refractivity contribution >= 4 is 11.8 Å². The minimum absolute atomic E-state index is 0.693. The van der Waals surface area contributed by atoms with E-state index < -0.39 is 0 Å². The molecule has 4 heteroatoms. The number of thioether (sulfide) groups is 1. The van der Waals surface area contributed by atoms with Gasteiger partial charge in [0.05, 0.1) is 11.6 Å². The summed E-state index contributed by atoms with van der Waals surface area (Å²) in [5.74, 6) is 1.17. The molecule has 0 amide bonds. The lowest BCUT2D eigenvalue weighted by Crippen LogP contribution is -2.37. The molecule has 1 fully saturated rings. The van der Waals surface area contributed by atoms with Crippen molar-refractivity contribution in [2.24, 2.45) is 0 Å². The molecule has 0 radical (unpaired) electrons. The van der Waals surface area contributed by atoms with Crippen molar-refractivity contribution in [3.8, 4) is 0 Å². The van der Waals surface area contributed by atoms with E-state index in [4.69, 9.17) is 4.84 Å². The molecule has 0 aromatic carbocycles. The van der Waals surface area contributed by atoms with Crippen LogP contribution in [0.25, 0.3) is 0 Å². The highest BCUT2D eigenvalue weighted by Gasteiger charge is 2.19. The maximum atomic E-state index is 4.97. The van der Waals surface area contributed by atoms with E-state index in [1.54, 1.807) is 0 Å². The molecule has 50 valence electrons. The summed E-state index contributed by atoms with van der Waals surface area (Å²) in [5.41, 5.74) is 2.83. The maximum absolute atomic E-state index is 4.97. The Kier molecular flexibility index (Phi) is 1.37. The number of hydrogen-bond donors (Lipinski definition) is 1. The van der Waals surface area contributed by atoms with Crippen LogP contribution in [0.1, 0.15) is 0 Å². The molecule has 1 saturated heterocycles. The fourth-order valence-corrected chi connectivity index (χ4v) is 1.87. The number of nitrogens with zero attached hydrogens (tertiary/aromatic N) is 1. The first kappa shape index (κ1) is 5.58. The molecule has 2 aliphatic rings. The monoisotopic (exact) mass is 144 g/mol. The van der Waals surface area contributed by atoms with Gasteiger partial charge in [0.25, 0.3) is 0 Å². The Labute approximate surface area is 58.0 Å². The number of nitrogens with one attached hydrogen (secondary N) is 1. The third kappa shape index (κ3) is 0.933. The zero-order chi connectivity index (χ0) is 6.10. The van der Waals surface area contributed by atoms with Gasteiger partial charge in [-0.15, -0.1) is 17.4 Å². The van der Waals surface area contributed by atoms with E-state index in [9.17, 15) is 0 Å². The van der Waals surface area contributed by atoms with Gasteiger partial charge in [-0.3, -0.25) is 9.85 Å².